The number of nitro groups is 1. The SMILES string of the molecule is O=C1C[C@@H](c2ccc(Cl)cc2)n2nc(NS(=O)(=O)c3ccccc3[N+](=O)[O-])nc2N1. The summed E-state index contributed by atoms with van der Waals surface area (Å²) in [7, 11) is -4.35. The summed E-state index contributed by atoms with van der Waals surface area (Å²) in [5.41, 5.74) is 0.148. The average Bonchev–Trinajstić information content (AvgIpc) is 3.09. The van der Waals surface area contributed by atoms with Gasteiger partial charge >= 0.3 is 0 Å². The zero-order chi connectivity index (χ0) is 21.5. The third kappa shape index (κ3) is 3.69. The third-order valence-corrected chi connectivity index (χ3v) is 6.02. The van der Waals surface area contributed by atoms with Crippen molar-refractivity contribution in [3.05, 3.63) is 69.2 Å². The summed E-state index contributed by atoms with van der Waals surface area (Å²) in [6, 6.07) is 11.2. The largest absolute Gasteiger partial charge is 0.295 e. The Hall–Kier alpha value is -3.51. The Morgan fingerprint density at radius 2 is 1.90 bits per heavy atom. The molecule has 30 heavy (non-hydrogen) atoms. The molecule has 2 heterocycles. The van der Waals surface area contributed by atoms with E-state index in [-0.39, 0.29) is 24.2 Å². The van der Waals surface area contributed by atoms with Gasteiger partial charge in [-0.2, -0.15) is 4.98 Å². The molecule has 0 unspecified atom stereocenters. The fourth-order valence-electron chi connectivity index (χ4n) is 3.06. The van der Waals surface area contributed by atoms with Gasteiger partial charge in [0.2, 0.25) is 11.9 Å². The van der Waals surface area contributed by atoms with Crippen LogP contribution < -0.4 is 10.0 Å². The number of carbonyl (C=O) groups is 1. The highest BCUT2D eigenvalue weighted by atomic mass is 35.5. The Kier molecular flexibility index (Phi) is 4.87. The number of anilines is 2. The molecule has 11 nitrogen and oxygen atoms in total. The maximum absolute atomic E-state index is 12.7. The molecule has 2 aromatic carbocycles. The van der Waals surface area contributed by atoms with Crippen molar-refractivity contribution in [1.82, 2.24) is 14.8 Å². The molecule has 0 radical (unpaired) electrons. The number of para-hydroxylation sites is 1. The van der Waals surface area contributed by atoms with Crippen molar-refractivity contribution in [2.24, 2.45) is 0 Å². The van der Waals surface area contributed by atoms with Crippen LogP contribution in [-0.2, 0) is 14.8 Å². The molecular weight excluding hydrogens is 436 g/mol. The molecule has 3 aromatic rings. The molecule has 0 fully saturated rings. The van der Waals surface area contributed by atoms with E-state index in [2.05, 4.69) is 20.1 Å². The maximum Gasteiger partial charge on any atom is 0.289 e. The second kappa shape index (κ2) is 7.39. The fourth-order valence-corrected chi connectivity index (χ4v) is 4.30. The van der Waals surface area contributed by atoms with Crippen molar-refractivity contribution in [2.75, 3.05) is 10.0 Å². The number of hydrogen-bond donors (Lipinski definition) is 2. The second-order valence-electron chi connectivity index (χ2n) is 6.35. The van der Waals surface area contributed by atoms with E-state index in [4.69, 9.17) is 11.6 Å². The number of halogens is 1. The van der Waals surface area contributed by atoms with Gasteiger partial charge in [-0.05, 0) is 23.8 Å². The third-order valence-electron chi connectivity index (χ3n) is 4.39. The molecule has 0 bridgehead atoms. The van der Waals surface area contributed by atoms with Crippen LogP contribution in [0.4, 0.5) is 17.6 Å². The number of amides is 1. The molecule has 0 saturated heterocycles. The minimum Gasteiger partial charge on any atom is -0.295 e. The molecule has 0 aliphatic carbocycles. The maximum atomic E-state index is 12.7. The second-order valence-corrected chi connectivity index (χ2v) is 8.44. The fraction of sp³-hybridized carbons (Fsp3) is 0.118. The number of nitrogens with one attached hydrogen (secondary N) is 2. The van der Waals surface area contributed by atoms with Gasteiger partial charge in [-0.3, -0.25) is 20.2 Å². The average molecular weight is 449 g/mol. The summed E-state index contributed by atoms with van der Waals surface area (Å²) in [6.45, 7) is 0. The first-order valence-corrected chi connectivity index (χ1v) is 10.4. The molecular formula is C17H13ClN6O5S. The molecule has 4 rings (SSSR count). The van der Waals surface area contributed by atoms with Crippen LogP contribution in [0.3, 0.4) is 0 Å². The van der Waals surface area contributed by atoms with E-state index in [1.165, 1.54) is 16.8 Å². The van der Waals surface area contributed by atoms with Gasteiger partial charge in [0.1, 0.15) is 0 Å². The topological polar surface area (TPSA) is 149 Å². The van der Waals surface area contributed by atoms with Gasteiger partial charge in [-0.15, -0.1) is 5.10 Å². The lowest BCUT2D eigenvalue weighted by atomic mass is 10.0. The molecule has 1 aromatic heterocycles. The Morgan fingerprint density at radius 3 is 2.60 bits per heavy atom. The smallest absolute Gasteiger partial charge is 0.289 e. The van der Waals surface area contributed by atoms with Crippen molar-refractivity contribution in [3.63, 3.8) is 0 Å². The zero-order valence-electron chi connectivity index (χ0n) is 15.0. The minimum atomic E-state index is -4.35. The normalized spacial score (nSPS) is 15.9. The van der Waals surface area contributed by atoms with Gasteiger partial charge in [0, 0.05) is 11.1 Å². The van der Waals surface area contributed by atoms with Crippen LogP contribution in [-0.4, -0.2) is 34.0 Å². The highest BCUT2D eigenvalue weighted by Gasteiger charge is 2.31. The van der Waals surface area contributed by atoms with Gasteiger partial charge in [0.05, 0.1) is 17.4 Å². The standard InChI is InChI=1S/C17H13ClN6O5S/c18-11-7-5-10(6-8-11)13-9-15(25)19-17-20-16(21-23(13)17)22-30(28,29)14-4-2-1-3-12(14)24(26)27/h1-8,13H,9H2,(H2,19,20,21,22,25)/t13-/m0/s1. The Bertz CT molecular complexity index is 1260. The van der Waals surface area contributed by atoms with Crippen molar-refractivity contribution < 1.29 is 18.1 Å². The molecule has 1 amide bonds. The van der Waals surface area contributed by atoms with Crippen molar-refractivity contribution in [2.45, 2.75) is 17.4 Å². The van der Waals surface area contributed by atoms with Crippen LogP contribution in [0.15, 0.2) is 53.4 Å². The molecule has 154 valence electrons. The Morgan fingerprint density at radius 1 is 1.20 bits per heavy atom. The highest BCUT2D eigenvalue weighted by Crippen LogP contribution is 2.31. The van der Waals surface area contributed by atoms with E-state index in [1.807, 2.05) is 0 Å². The number of rotatable bonds is 5. The van der Waals surface area contributed by atoms with E-state index in [9.17, 15) is 23.3 Å². The van der Waals surface area contributed by atoms with Crippen molar-refractivity contribution in [3.8, 4) is 0 Å². The van der Waals surface area contributed by atoms with Crippen LogP contribution in [0, 0.1) is 10.1 Å². The van der Waals surface area contributed by atoms with E-state index in [0.29, 0.717) is 5.02 Å². The lowest BCUT2D eigenvalue weighted by Gasteiger charge is -2.23. The number of benzene rings is 2. The number of sulfonamides is 1. The van der Waals surface area contributed by atoms with Gasteiger partial charge < -0.3 is 0 Å². The van der Waals surface area contributed by atoms with Gasteiger partial charge in [0.15, 0.2) is 4.90 Å². The quantitative estimate of drug-likeness (QED) is 0.449. The van der Waals surface area contributed by atoms with Gasteiger partial charge in [-0.1, -0.05) is 35.9 Å². The van der Waals surface area contributed by atoms with Crippen molar-refractivity contribution >= 4 is 45.1 Å². The number of carbonyl (C=O) groups excluding carboxylic acids is 1. The predicted octanol–water partition coefficient (Wildman–Crippen LogP) is 2.57. The highest BCUT2D eigenvalue weighted by molar-refractivity contribution is 7.92. The van der Waals surface area contributed by atoms with E-state index < -0.39 is 31.6 Å². The lowest BCUT2D eigenvalue weighted by molar-refractivity contribution is -0.387. The van der Waals surface area contributed by atoms with Gasteiger partial charge in [0.25, 0.3) is 21.7 Å². The van der Waals surface area contributed by atoms with Crippen LogP contribution >= 0.6 is 11.6 Å². The Labute approximate surface area is 174 Å². The summed E-state index contributed by atoms with van der Waals surface area (Å²) in [5, 5.41) is 18.4. The molecule has 1 aliphatic rings. The van der Waals surface area contributed by atoms with Crippen LogP contribution in [0.1, 0.15) is 18.0 Å². The molecule has 1 atom stereocenters. The summed E-state index contributed by atoms with van der Waals surface area (Å²) in [6.07, 6.45) is 0.0638. The number of nitrogens with zero attached hydrogens (tertiary/aromatic N) is 4. The van der Waals surface area contributed by atoms with Crippen LogP contribution in [0.2, 0.25) is 5.02 Å². The van der Waals surface area contributed by atoms with Crippen LogP contribution in [0.25, 0.3) is 0 Å². The zero-order valence-corrected chi connectivity index (χ0v) is 16.6. The summed E-state index contributed by atoms with van der Waals surface area (Å²) < 4.78 is 28.9. The van der Waals surface area contributed by atoms with Crippen LogP contribution in [0.5, 0.6) is 0 Å². The first-order chi connectivity index (χ1) is 14.2. The molecule has 0 saturated carbocycles. The first kappa shape index (κ1) is 19.8. The van der Waals surface area contributed by atoms with Crippen molar-refractivity contribution in [1.29, 1.82) is 0 Å². The molecule has 0 spiro atoms. The molecule has 13 heteroatoms. The van der Waals surface area contributed by atoms with Gasteiger partial charge in [-0.25, -0.2) is 17.8 Å². The number of hydrogen-bond acceptors (Lipinski definition) is 7. The van der Waals surface area contributed by atoms with E-state index in [0.717, 1.165) is 17.7 Å². The molecule has 1 aliphatic heterocycles. The summed E-state index contributed by atoms with van der Waals surface area (Å²) >= 11 is 5.91. The van der Waals surface area contributed by atoms with E-state index in [1.54, 1.807) is 24.3 Å². The summed E-state index contributed by atoms with van der Waals surface area (Å²) in [5.74, 6) is -0.598. The monoisotopic (exact) mass is 448 g/mol. The minimum absolute atomic E-state index is 0.0476. The lowest BCUT2D eigenvalue weighted by Crippen LogP contribution is -2.29. The predicted molar refractivity (Wildman–Crippen MR) is 107 cm³/mol. The summed E-state index contributed by atoms with van der Waals surface area (Å²) in [4.78, 5) is 25.9. The first-order valence-electron chi connectivity index (χ1n) is 8.53. The number of aromatic nitrogens is 3. The van der Waals surface area contributed by atoms with E-state index >= 15 is 0 Å². The number of nitro benzene ring substituents is 1. The molecule has 2 N–H and O–H groups in total. The Balaban J connectivity index is 1.70. The number of fused-ring (bicyclic) bond motifs is 1.